The molecular formula is C14H13Cl2N3S. The number of thiazole rings is 1. The lowest BCUT2D eigenvalue weighted by Gasteiger charge is -2.10. The van der Waals surface area contributed by atoms with E-state index in [4.69, 9.17) is 23.2 Å². The molecule has 2 heterocycles. The van der Waals surface area contributed by atoms with Crippen LogP contribution in [0.25, 0.3) is 4.96 Å². The van der Waals surface area contributed by atoms with Gasteiger partial charge < -0.3 is 5.32 Å². The van der Waals surface area contributed by atoms with E-state index in [-0.39, 0.29) is 0 Å². The van der Waals surface area contributed by atoms with E-state index in [0.29, 0.717) is 16.6 Å². The number of aromatic nitrogens is 2. The monoisotopic (exact) mass is 325 g/mol. The van der Waals surface area contributed by atoms with Crippen molar-refractivity contribution in [2.75, 3.05) is 5.32 Å². The minimum absolute atomic E-state index is 0.551. The summed E-state index contributed by atoms with van der Waals surface area (Å²) in [5.74, 6) is 0. The topological polar surface area (TPSA) is 29.3 Å². The van der Waals surface area contributed by atoms with E-state index in [1.165, 1.54) is 5.69 Å². The van der Waals surface area contributed by atoms with Crippen LogP contribution in [-0.4, -0.2) is 9.38 Å². The zero-order valence-corrected chi connectivity index (χ0v) is 13.4. The van der Waals surface area contributed by atoms with E-state index in [0.717, 1.165) is 22.0 Å². The summed E-state index contributed by atoms with van der Waals surface area (Å²) in [6, 6.07) is 5.58. The number of rotatable bonds is 3. The van der Waals surface area contributed by atoms with Gasteiger partial charge in [-0.3, -0.25) is 4.40 Å². The minimum Gasteiger partial charge on any atom is -0.378 e. The van der Waals surface area contributed by atoms with E-state index in [1.807, 2.05) is 19.1 Å². The number of hydrogen-bond donors (Lipinski definition) is 1. The Morgan fingerprint density at radius 1 is 1.30 bits per heavy atom. The molecule has 1 N–H and O–H groups in total. The lowest BCUT2D eigenvalue weighted by molar-refractivity contribution is 0.966. The molecule has 0 aliphatic rings. The summed E-state index contributed by atoms with van der Waals surface area (Å²) in [4.78, 5) is 5.59. The minimum atomic E-state index is 0.551. The average Bonchev–Trinajstić information content (AvgIpc) is 2.92. The molecule has 3 rings (SSSR count). The second kappa shape index (κ2) is 5.28. The fraction of sp³-hybridized carbons (Fsp3) is 0.214. The SMILES string of the molecule is Cc1nc2scc(C)n2c1CNc1cccc(Cl)c1Cl. The van der Waals surface area contributed by atoms with Gasteiger partial charge in [-0.05, 0) is 26.0 Å². The van der Waals surface area contributed by atoms with E-state index in [9.17, 15) is 0 Å². The fourth-order valence-electron chi connectivity index (χ4n) is 2.19. The first-order valence-electron chi connectivity index (χ1n) is 6.18. The standard InChI is InChI=1S/C14H13Cl2N3S/c1-8-7-20-14-18-9(2)12(19(8)14)6-17-11-5-3-4-10(15)13(11)16/h3-5,7,17H,6H2,1-2H3. The van der Waals surface area contributed by atoms with Crippen LogP contribution in [0.3, 0.4) is 0 Å². The van der Waals surface area contributed by atoms with Gasteiger partial charge in [0.15, 0.2) is 4.96 Å². The normalized spacial score (nSPS) is 11.2. The highest BCUT2D eigenvalue weighted by molar-refractivity contribution is 7.15. The van der Waals surface area contributed by atoms with Crippen molar-refractivity contribution in [3.05, 3.63) is 50.7 Å². The number of imidazole rings is 1. The van der Waals surface area contributed by atoms with Crippen molar-refractivity contribution < 1.29 is 0 Å². The quantitative estimate of drug-likeness (QED) is 0.739. The molecule has 104 valence electrons. The smallest absolute Gasteiger partial charge is 0.194 e. The van der Waals surface area contributed by atoms with Crippen LogP contribution in [0.5, 0.6) is 0 Å². The number of anilines is 1. The molecule has 3 nitrogen and oxygen atoms in total. The van der Waals surface area contributed by atoms with Gasteiger partial charge in [0.1, 0.15) is 0 Å². The number of hydrogen-bond acceptors (Lipinski definition) is 3. The Morgan fingerprint density at radius 2 is 2.10 bits per heavy atom. The second-order valence-corrected chi connectivity index (χ2v) is 6.22. The maximum atomic E-state index is 6.19. The fourth-order valence-corrected chi connectivity index (χ4v) is 3.49. The Labute approximate surface area is 131 Å². The second-order valence-electron chi connectivity index (χ2n) is 4.59. The summed E-state index contributed by atoms with van der Waals surface area (Å²) in [6.07, 6.45) is 0. The molecule has 0 aliphatic carbocycles. The van der Waals surface area contributed by atoms with Gasteiger partial charge >= 0.3 is 0 Å². The molecule has 1 aromatic carbocycles. The molecule has 0 fully saturated rings. The molecule has 0 bridgehead atoms. The molecule has 2 aromatic heterocycles. The van der Waals surface area contributed by atoms with Crippen LogP contribution in [0.2, 0.25) is 10.0 Å². The van der Waals surface area contributed by atoms with Crippen LogP contribution >= 0.6 is 34.5 Å². The van der Waals surface area contributed by atoms with Crippen molar-refractivity contribution in [2.24, 2.45) is 0 Å². The van der Waals surface area contributed by atoms with Crippen LogP contribution in [0.15, 0.2) is 23.6 Å². The van der Waals surface area contributed by atoms with Gasteiger partial charge in [-0.1, -0.05) is 29.3 Å². The number of benzene rings is 1. The highest BCUT2D eigenvalue weighted by atomic mass is 35.5. The third kappa shape index (κ3) is 2.28. The zero-order chi connectivity index (χ0) is 14.3. The van der Waals surface area contributed by atoms with Gasteiger partial charge in [0, 0.05) is 11.1 Å². The highest BCUT2D eigenvalue weighted by Gasteiger charge is 2.12. The maximum absolute atomic E-state index is 6.19. The van der Waals surface area contributed by atoms with Gasteiger partial charge in [0.05, 0.1) is 33.7 Å². The number of fused-ring (bicyclic) bond motifs is 1. The molecule has 20 heavy (non-hydrogen) atoms. The molecule has 0 spiro atoms. The van der Waals surface area contributed by atoms with Crippen LogP contribution in [-0.2, 0) is 6.54 Å². The summed E-state index contributed by atoms with van der Waals surface area (Å²) < 4.78 is 2.17. The molecule has 0 atom stereocenters. The first-order valence-corrected chi connectivity index (χ1v) is 7.81. The van der Waals surface area contributed by atoms with E-state index < -0.39 is 0 Å². The van der Waals surface area contributed by atoms with E-state index >= 15 is 0 Å². The van der Waals surface area contributed by atoms with Crippen LogP contribution in [0.4, 0.5) is 5.69 Å². The Balaban J connectivity index is 1.92. The van der Waals surface area contributed by atoms with Gasteiger partial charge in [0.2, 0.25) is 0 Å². The van der Waals surface area contributed by atoms with Crippen LogP contribution < -0.4 is 5.32 Å². The highest BCUT2D eigenvalue weighted by Crippen LogP contribution is 2.30. The van der Waals surface area contributed by atoms with Crippen molar-refractivity contribution in [2.45, 2.75) is 20.4 Å². The van der Waals surface area contributed by atoms with E-state index in [2.05, 4.69) is 27.0 Å². The van der Waals surface area contributed by atoms with Crippen molar-refractivity contribution >= 4 is 45.2 Å². The molecule has 3 aromatic rings. The van der Waals surface area contributed by atoms with Crippen LogP contribution in [0, 0.1) is 13.8 Å². The lowest BCUT2D eigenvalue weighted by Crippen LogP contribution is -2.05. The first-order chi connectivity index (χ1) is 9.58. The van der Waals surface area contributed by atoms with Crippen molar-refractivity contribution in [3.8, 4) is 0 Å². The van der Waals surface area contributed by atoms with Crippen molar-refractivity contribution in [3.63, 3.8) is 0 Å². The predicted molar refractivity (Wildman–Crippen MR) is 86.3 cm³/mol. The summed E-state index contributed by atoms with van der Waals surface area (Å²) >= 11 is 13.9. The number of halogens is 2. The number of nitrogens with zero attached hydrogens (tertiary/aromatic N) is 2. The van der Waals surface area contributed by atoms with Gasteiger partial charge in [-0.25, -0.2) is 4.98 Å². The first kappa shape index (κ1) is 13.7. The number of nitrogens with one attached hydrogen (secondary N) is 1. The number of aryl methyl sites for hydroxylation is 2. The maximum Gasteiger partial charge on any atom is 0.194 e. The largest absolute Gasteiger partial charge is 0.378 e. The Hall–Kier alpha value is -1.23. The Bertz CT molecular complexity index is 776. The zero-order valence-electron chi connectivity index (χ0n) is 11.1. The summed E-state index contributed by atoms with van der Waals surface area (Å²) in [6.45, 7) is 4.76. The molecule has 0 aliphatic heterocycles. The molecule has 0 saturated heterocycles. The van der Waals surface area contributed by atoms with Crippen molar-refractivity contribution in [1.29, 1.82) is 0 Å². The summed E-state index contributed by atoms with van der Waals surface area (Å²) in [5, 5.41) is 6.55. The predicted octanol–water partition coefficient (Wildman–Crippen LogP) is 4.93. The van der Waals surface area contributed by atoms with E-state index in [1.54, 1.807) is 17.4 Å². The Kier molecular flexibility index (Phi) is 3.63. The summed E-state index contributed by atoms with van der Waals surface area (Å²) in [5.41, 5.74) is 4.21. The van der Waals surface area contributed by atoms with Gasteiger partial charge in [-0.15, -0.1) is 11.3 Å². The molecule has 6 heteroatoms. The third-order valence-electron chi connectivity index (χ3n) is 3.23. The molecular weight excluding hydrogens is 313 g/mol. The Morgan fingerprint density at radius 3 is 2.90 bits per heavy atom. The van der Waals surface area contributed by atoms with Gasteiger partial charge in [0.25, 0.3) is 0 Å². The third-order valence-corrected chi connectivity index (χ3v) is 4.99. The molecule has 0 radical (unpaired) electrons. The molecule has 0 amide bonds. The summed E-state index contributed by atoms with van der Waals surface area (Å²) in [7, 11) is 0. The average molecular weight is 326 g/mol. The lowest BCUT2D eigenvalue weighted by atomic mass is 10.3. The molecule has 0 saturated carbocycles. The van der Waals surface area contributed by atoms with Crippen molar-refractivity contribution in [1.82, 2.24) is 9.38 Å². The van der Waals surface area contributed by atoms with Gasteiger partial charge in [-0.2, -0.15) is 0 Å². The van der Waals surface area contributed by atoms with Crippen LogP contribution in [0.1, 0.15) is 17.1 Å². The molecule has 0 unspecified atom stereocenters.